The van der Waals surface area contributed by atoms with E-state index in [-0.39, 0.29) is 5.91 Å². The molecule has 0 unspecified atom stereocenters. The maximum Gasteiger partial charge on any atom is 0.255 e. The van der Waals surface area contributed by atoms with E-state index in [2.05, 4.69) is 5.10 Å². The summed E-state index contributed by atoms with van der Waals surface area (Å²) in [5.74, 6) is -0.0787. The topological polar surface area (TPSA) is 64.2 Å². The van der Waals surface area contributed by atoms with Gasteiger partial charge in [0.15, 0.2) is 0 Å². The van der Waals surface area contributed by atoms with E-state index < -0.39 is 0 Å². The van der Waals surface area contributed by atoms with Crippen molar-refractivity contribution in [1.29, 1.82) is 0 Å². The van der Waals surface area contributed by atoms with Crippen LogP contribution in [0.15, 0.2) is 30.6 Å². The molecule has 0 atom stereocenters. The molecule has 0 aliphatic carbocycles. The Morgan fingerprint density at radius 1 is 1.47 bits per heavy atom. The largest absolute Gasteiger partial charge is 0.398 e. The van der Waals surface area contributed by atoms with Gasteiger partial charge in [0.1, 0.15) is 0 Å². The van der Waals surface area contributed by atoms with Crippen molar-refractivity contribution in [3.63, 3.8) is 0 Å². The second-order valence-corrected chi connectivity index (χ2v) is 4.72. The summed E-state index contributed by atoms with van der Waals surface area (Å²) in [5.41, 5.74) is 8.96. The molecule has 2 N–H and O–H groups in total. The van der Waals surface area contributed by atoms with Gasteiger partial charge in [0, 0.05) is 38.1 Å². The second-order valence-electron chi connectivity index (χ2n) is 4.72. The van der Waals surface area contributed by atoms with Crippen molar-refractivity contribution in [1.82, 2.24) is 14.7 Å². The summed E-state index contributed by atoms with van der Waals surface area (Å²) in [6, 6.07) is 5.49. The Morgan fingerprint density at radius 2 is 2.21 bits per heavy atom. The molecule has 1 amide bonds. The molecule has 19 heavy (non-hydrogen) atoms. The SMILES string of the molecule is Cc1cccc(C(=O)N(C)Cc2cnn(C)c2)c1N. The van der Waals surface area contributed by atoms with Gasteiger partial charge >= 0.3 is 0 Å². The summed E-state index contributed by atoms with van der Waals surface area (Å²) >= 11 is 0. The van der Waals surface area contributed by atoms with E-state index >= 15 is 0 Å². The molecule has 0 saturated heterocycles. The third-order valence-electron chi connectivity index (χ3n) is 3.08. The van der Waals surface area contributed by atoms with Crippen molar-refractivity contribution in [2.75, 3.05) is 12.8 Å². The fourth-order valence-electron chi connectivity index (χ4n) is 1.97. The summed E-state index contributed by atoms with van der Waals surface area (Å²) in [6.45, 7) is 2.41. The number of anilines is 1. The fraction of sp³-hybridized carbons (Fsp3) is 0.286. The number of carbonyl (C=O) groups is 1. The number of hydrogen-bond donors (Lipinski definition) is 1. The summed E-state index contributed by atoms with van der Waals surface area (Å²) in [7, 11) is 3.61. The first-order valence-corrected chi connectivity index (χ1v) is 6.07. The Kier molecular flexibility index (Phi) is 3.55. The molecule has 1 aromatic heterocycles. The highest BCUT2D eigenvalue weighted by atomic mass is 16.2. The van der Waals surface area contributed by atoms with Gasteiger partial charge < -0.3 is 10.6 Å². The standard InChI is InChI=1S/C14H18N4O/c1-10-5-4-6-12(13(10)15)14(19)17(2)8-11-7-16-18(3)9-11/h4-7,9H,8,15H2,1-3H3. The van der Waals surface area contributed by atoms with Gasteiger partial charge in [0.25, 0.3) is 5.91 Å². The smallest absolute Gasteiger partial charge is 0.255 e. The lowest BCUT2D eigenvalue weighted by atomic mass is 10.1. The summed E-state index contributed by atoms with van der Waals surface area (Å²) in [6.07, 6.45) is 3.65. The number of benzene rings is 1. The van der Waals surface area contributed by atoms with Crippen LogP contribution in [0.2, 0.25) is 0 Å². The molecule has 2 rings (SSSR count). The molecule has 2 aromatic rings. The zero-order valence-electron chi connectivity index (χ0n) is 11.4. The van der Waals surface area contributed by atoms with Crippen molar-refractivity contribution in [3.8, 4) is 0 Å². The number of hydrogen-bond acceptors (Lipinski definition) is 3. The van der Waals surface area contributed by atoms with E-state index in [1.165, 1.54) is 0 Å². The van der Waals surface area contributed by atoms with Crippen LogP contribution in [0.5, 0.6) is 0 Å². The number of amides is 1. The van der Waals surface area contributed by atoms with E-state index in [0.717, 1.165) is 11.1 Å². The number of para-hydroxylation sites is 1. The predicted octanol–water partition coefficient (Wildman–Crippen LogP) is 1.58. The van der Waals surface area contributed by atoms with Gasteiger partial charge in [-0.2, -0.15) is 5.10 Å². The minimum absolute atomic E-state index is 0.0787. The molecular formula is C14H18N4O. The Hall–Kier alpha value is -2.30. The molecule has 5 heteroatoms. The first kappa shape index (κ1) is 13.1. The normalized spacial score (nSPS) is 10.5. The number of aromatic nitrogens is 2. The summed E-state index contributed by atoms with van der Waals surface area (Å²) < 4.78 is 1.72. The second kappa shape index (κ2) is 5.14. The Balaban J connectivity index is 2.17. The number of nitrogens with two attached hydrogens (primary N) is 1. The minimum Gasteiger partial charge on any atom is -0.398 e. The van der Waals surface area contributed by atoms with Crippen LogP contribution in [0.25, 0.3) is 0 Å². The van der Waals surface area contributed by atoms with Crippen LogP contribution in [-0.4, -0.2) is 27.6 Å². The van der Waals surface area contributed by atoms with Crippen molar-refractivity contribution < 1.29 is 4.79 Å². The lowest BCUT2D eigenvalue weighted by Gasteiger charge is -2.18. The lowest BCUT2D eigenvalue weighted by Crippen LogP contribution is -2.27. The molecule has 0 saturated carbocycles. The molecular weight excluding hydrogens is 240 g/mol. The number of nitrogens with zero attached hydrogens (tertiary/aromatic N) is 3. The first-order valence-electron chi connectivity index (χ1n) is 6.07. The third-order valence-corrected chi connectivity index (χ3v) is 3.08. The highest BCUT2D eigenvalue weighted by molar-refractivity contribution is 5.99. The molecule has 0 aliphatic rings. The summed E-state index contributed by atoms with van der Waals surface area (Å²) in [5, 5.41) is 4.09. The van der Waals surface area contributed by atoms with Gasteiger partial charge in [0.2, 0.25) is 0 Å². The van der Waals surface area contributed by atoms with Crippen molar-refractivity contribution >= 4 is 11.6 Å². The molecule has 100 valence electrons. The van der Waals surface area contributed by atoms with Crippen LogP contribution < -0.4 is 5.73 Å². The van der Waals surface area contributed by atoms with Gasteiger partial charge in [-0.15, -0.1) is 0 Å². The molecule has 1 aromatic carbocycles. The monoisotopic (exact) mass is 258 g/mol. The van der Waals surface area contributed by atoms with Crippen molar-refractivity contribution in [3.05, 3.63) is 47.3 Å². The van der Waals surface area contributed by atoms with E-state index in [9.17, 15) is 4.79 Å². The van der Waals surface area contributed by atoms with Gasteiger partial charge in [-0.1, -0.05) is 12.1 Å². The van der Waals surface area contributed by atoms with E-state index in [0.29, 0.717) is 17.8 Å². The Morgan fingerprint density at radius 3 is 2.84 bits per heavy atom. The molecule has 0 spiro atoms. The van der Waals surface area contributed by atoms with Crippen LogP contribution >= 0.6 is 0 Å². The molecule has 0 radical (unpaired) electrons. The zero-order valence-corrected chi connectivity index (χ0v) is 11.4. The molecule has 0 fully saturated rings. The maximum absolute atomic E-state index is 12.3. The number of carbonyl (C=O) groups excluding carboxylic acids is 1. The third kappa shape index (κ3) is 2.76. The maximum atomic E-state index is 12.3. The van der Waals surface area contributed by atoms with Gasteiger partial charge in [-0.3, -0.25) is 9.48 Å². The zero-order chi connectivity index (χ0) is 14.0. The molecule has 0 aliphatic heterocycles. The molecule has 5 nitrogen and oxygen atoms in total. The van der Waals surface area contributed by atoms with E-state index in [1.807, 2.05) is 32.3 Å². The highest BCUT2D eigenvalue weighted by Crippen LogP contribution is 2.18. The molecule has 0 bridgehead atoms. The lowest BCUT2D eigenvalue weighted by molar-refractivity contribution is 0.0786. The Labute approximate surface area is 112 Å². The Bertz CT molecular complexity index is 603. The van der Waals surface area contributed by atoms with E-state index in [4.69, 9.17) is 5.73 Å². The number of rotatable bonds is 3. The first-order chi connectivity index (χ1) is 8.99. The van der Waals surface area contributed by atoms with Crippen LogP contribution in [0, 0.1) is 6.92 Å². The van der Waals surface area contributed by atoms with Crippen molar-refractivity contribution in [2.45, 2.75) is 13.5 Å². The van der Waals surface area contributed by atoms with E-state index in [1.54, 1.807) is 28.9 Å². The average molecular weight is 258 g/mol. The average Bonchev–Trinajstić information content (AvgIpc) is 2.77. The van der Waals surface area contributed by atoms with Crippen LogP contribution in [-0.2, 0) is 13.6 Å². The predicted molar refractivity (Wildman–Crippen MR) is 74.6 cm³/mol. The molecule has 1 heterocycles. The number of nitrogen functional groups attached to an aromatic ring is 1. The van der Waals surface area contributed by atoms with Gasteiger partial charge in [-0.25, -0.2) is 0 Å². The number of aryl methyl sites for hydroxylation is 2. The van der Waals surface area contributed by atoms with Crippen LogP contribution in [0.3, 0.4) is 0 Å². The summed E-state index contributed by atoms with van der Waals surface area (Å²) in [4.78, 5) is 14.0. The van der Waals surface area contributed by atoms with Crippen LogP contribution in [0.1, 0.15) is 21.5 Å². The fourth-order valence-corrected chi connectivity index (χ4v) is 1.97. The van der Waals surface area contributed by atoms with Crippen LogP contribution in [0.4, 0.5) is 5.69 Å². The van der Waals surface area contributed by atoms with Gasteiger partial charge in [0.05, 0.1) is 11.8 Å². The minimum atomic E-state index is -0.0787. The highest BCUT2D eigenvalue weighted by Gasteiger charge is 2.16. The van der Waals surface area contributed by atoms with Crippen molar-refractivity contribution in [2.24, 2.45) is 7.05 Å². The van der Waals surface area contributed by atoms with Gasteiger partial charge in [-0.05, 0) is 18.6 Å². The quantitative estimate of drug-likeness (QED) is 0.850.